The molecule has 1 N–H and O–H groups in total. The van der Waals surface area contributed by atoms with Gasteiger partial charge in [0.2, 0.25) is 0 Å². The maximum absolute atomic E-state index is 10.1. The molecule has 3 heteroatoms. The lowest BCUT2D eigenvalue weighted by Gasteiger charge is -2.16. The van der Waals surface area contributed by atoms with Gasteiger partial charge in [-0.05, 0) is 41.3 Å². The maximum Gasteiger partial charge on any atom is 0.0885 e. The van der Waals surface area contributed by atoms with E-state index in [-0.39, 0.29) is 6.10 Å². The Morgan fingerprint density at radius 1 is 1.40 bits per heavy atom. The van der Waals surface area contributed by atoms with E-state index in [2.05, 4.69) is 36.7 Å². The van der Waals surface area contributed by atoms with Crippen LogP contribution in [0.5, 0.6) is 0 Å². The van der Waals surface area contributed by atoms with Crippen LogP contribution in [0.3, 0.4) is 0 Å². The minimum Gasteiger partial charge on any atom is -0.388 e. The van der Waals surface area contributed by atoms with E-state index in [0.717, 1.165) is 28.6 Å². The molecule has 0 saturated carbocycles. The third-order valence-electron chi connectivity index (χ3n) is 2.92. The van der Waals surface area contributed by atoms with E-state index in [9.17, 15) is 5.11 Å². The predicted octanol–water partition coefficient (Wildman–Crippen LogP) is 4.68. The molecular formula is C12H19BrOS. The van der Waals surface area contributed by atoms with Crippen LogP contribution in [0, 0.1) is 12.8 Å². The standard InChI is InChI=1S/C12H19BrOS/c1-4-9(5-2)6-11(14)12-7-10(13)8(3)15-12/h7,9,11,14H,4-6H2,1-3H3. The Bertz CT molecular complexity index is 285. The van der Waals surface area contributed by atoms with Crippen molar-refractivity contribution in [2.75, 3.05) is 0 Å². The van der Waals surface area contributed by atoms with Crippen molar-refractivity contribution < 1.29 is 5.11 Å². The Morgan fingerprint density at radius 2 is 2.00 bits per heavy atom. The minimum absolute atomic E-state index is 0.287. The maximum atomic E-state index is 10.1. The van der Waals surface area contributed by atoms with Crippen molar-refractivity contribution in [1.82, 2.24) is 0 Å². The van der Waals surface area contributed by atoms with Gasteiger partial charge in [-0.3, -0.25) is 0 Å². The van der Waals surface area contributed by atoms with Crippen LogP contribution in [0.4, 0.5) is 0 Å². The van der Waals surface area contributed by atoms with Crippen LogP contribution in [0.1, 0.15) is 49.0 Å². The first kappa shape index (κ1) is 13.2. The normalized spacial score (nSPS) is 13.5. The van der Waals surface area contributed by atoms with Crippen molar-refractivity contribution in [2.45, 2.75) is 46.1 Å². The minimum atomic E-state index is -0.287. The van der Waals surface area contributed by atoms with Crippen LogP contribution in [-0.4, -0.2) is 5.11 Å². The van der Waals surface area contributed by atoms with Gasteiger partial charge in [0.15, 0.2) is 0 Å². The number of halogens is 1. The van der Waals surface area contributed by atoms with Crippen LogP contribution in [0.15, 0.2) is 10.5 Å². The molecule has 1 aromatic heterocycles. The molecule has 0 aliphatic rings. The highest BCUT2D eigenvalue weighted by Gasteiger charge is 2.16. The summed E-state index contributed by atoms with van der Waals surface area (Å²) in [5, 5.41) is 10.1. The molecule has 1 aromatic rings. The fraction of sp³-hybridized carbons (Fsp3) is 0.667. The summed E-state index contributed by atoms with van der Waals surface area (Å²) in [5.41, 5.74) is 0. The van der Waals surface area contributed by atoms with E-state index in [1.54, 1.807) is 11.3 Å². The third kappa shape index (κ3) is 3.58. The Hall–Kier alpha value is 0.140. The summed E-state index contributed by atoms with van der Waals surface area (Å²) in [7, 11) is 0. The van der Waals surface area contributed by atoms with Crippen molar-refractivity contribution in [3.05, 3.63) is 20.3 Å². The van der Waals surface area contributed by atoms with Gasteiger partial charge in [-0.2, -0.15) is 0 Å². The van der Waals surface area contributed by atoms with Gasteiger partial charge in [-0.1, -0.05) is 26.7 Å². The first-order valence-electron chi connectivity index (χ1n) is 5.52. The summed E-state index contributed by atoms with van der Waals surface area (Å²) >= 11 is 5.17. The van der Waals surface area contributed by atoms with E-state index in [0.29, 0.717) is 5.92 Å². The SMILES string of the molecule is CCC(CC)CC(O)c1cc(Br)c(C)s1. The number of aryl methyl sites for hydroxylation is 1. The third-order valence-corrected chi connectivity index (χ3v) is 5.15. The lowest BCUT2D eigenvalue weighted by atomic mass is 9.95. The Balaban J connectivity index is 2.64. The first-order chi connectivity index (χ1) is 7.08. The van der Waals surface area contributed by atoms with Gasteiger partial charge in [0, 0.05) is 14.2 Å². The van der Waals surface area contributed by atoms with Crippen LogP contribution >= 0.6 is 27.3 Å². The molecule has 0 radical (unpaired) electrons. The molecule has 0 spiro atoms. The molecule has 0 amide bonds. The highest BCUT2D eigenvalue weighted by atomic mass is 79.9. The lowest BCUT2D eigenvalue weighted by molar-refractivity contribution is 0.144. The molecule has 1 nitrogen and oxygen atoms in total. The second-order valence-electron chi connectivity index (χ2n) is 3.99. The largest absolute Gasteiger partial charge is 0.388 e. The van der Waals surface area contributed by atoms with Crippen molar-refractivity contribution >= 4 is 27.3 Å². The van der Waals surface area contributed by atoms with Gasteiger partial charge >= 0.3 is 0 Å². The van der Waals surface area contributed by atoms with Crippen LogP contribution < -0.4 is 0 Å². The van der Waals surface area contributed by atoms with Crippen LogP contribution in [-0.2, 0) is 0 Å². The van der Waals surface area contributed by atoms with Crippen molar-refractivity contribution in [1.29, 1.82) is 0 Å². The second kappa shape index (κ2) is 6.02. The molecule has 1 heterocycles. The fourth-order valence-corrected chi connectivity index (χ4v) is 3.26. The zero-order valence-corrected chi connectivity index (χ0v) is 12.0. The average molecular weight is 291 g/mol. The number of hydrogen-bond donors (Lipinski definition) is 1. The fourth-order valence-electron chi connectivity index (χ4n) is 1.70. The van der Waals surface area contributed by atoms with E-state index < -0.39 is 0 Å². The molecule has 0 aliphatic carbocycles. The van der Waals surface area contributed by atoms with Crippen LogP contribution in [0.2, 0.25) is 0 Å². The van der Waals surface area contributed by atoms with Gasteiger partial charge in [0.1, 0.15) is 0 Å². The summed E-state index contributed by atoms with van der Waals surface area (Å²) in [6.45, 7) is 6.45. The monoisotopic (exact) mass is 290 g/mol. The molecular weight excluding hydrogens is 272 g/mol. The number of aliphatic hydroxyl groups excluding tert-OH is 1. The van der Waals surface area contributed by atoms with Gasteiger partial charge in [-0.25, -0.2) is 0 Å². The first-order valence-corrected chi connectivity index (χ1v) is 7.13. The lowest BCUT2D eigenvalue weighted by Crippen LogP contribution is -2.04. The number of rotatable bonds is 5. The van der Waals surface area contributed by atoms with E-state index in [4.69, 9.17) is 0 Å². The number of hydrogen-bond acceptors (Lipinski definition) is 2. The highest BCUT2D eigenvalue weighted by molar-refractivity contribution is 9.10. The number of thiophene rings is 1. The Morgan fingerprint density at radius 3 is 2.40 bits per heavy atom. The summed E-state index contributed by atoms with van der Waals surface area (Å²) in [4.78, 5) is 2.33. The zero-order chi connectivity index (χ0) is 11.4. The molecule has 0 aliphatic heterocycles. The van der Waals surface area contributed by atoms with Crippen LogP contribution in [0.25, 0.3) is 0 Å². The molecule has 0 aromatic carbocycles. The molecule has 0 bridgehead atoms. The van der Waals surface area contributed by atoms with E-state index in [1.807, 2.05) is 6.07 Å². The molecule has 15 heavy (non-hydrogen) atoms. The van der Waals surface area contributed by atoms with Gasteiger partial charge in [0.05, 0.1) is 6.10 Å². The predicted molar refractivity (Wildman–Crippen MR) is 70.4 cm³/mol. The molecule has 1 rings (SSSR count). The quantitative estimate of drug-likeness (QED) is 0.835. The summed E-state index contributed by atoms with van der Waals surface area (Å²) in [6, 6.07) is 2.05. The second-order valence-corrected chi connectivity index (χ2v) is 6.13. The average Bonchev–Trinajstić information content (AvgIpc) is 2.55. The van der Waals surface area contributed by atoms with Gasteiger partial charge in [0.25, 0.3) is 0 Å². The van der Waals surface area contributed by atoms with E-state index >= 15 is 0 Å². The Kier molecular flexibility index (Phi) is 5.30. The summed E-state index contributed by atoms with van der Waals surface area (Å²) < 4.78 is 1.12. The summed E-state index contributed by atoms with van der Waals surface area (Å²) in [5.74, 6) is 0.640. The van der Waals surface area contributed by atoms with E-state index in [1.165, 1.54) is 4.88 Å². The smallest absolute Gasteiger partial charge is 0.0885 e. The molecule has 1 unspecified atom stereocenters. The zero-order valence-electron chi connectivity index (χ0n) is 9.59. The van der Waals surface area contributed by atoms with Crippen molar-refractivity contribution in [3.8, 4) is 0 Å². The van der Waals surface area contributed by atoms with Gasteiger partial charge in [-0.15, -0.1) is 11.3 Å². The topological polar surface area (TPSA) is 20.2 Å². The molecule has 1 atom stereocenters. The van der Waals surface area contributed by atoms with Gasteiger partial charge < -0.3 is 5.11 Å². The molecule has 86 valence electrons. The molecule has 0 fully saturated rings. The number of aliphatic hydroxyl groups is 1. The highest BCUT2D eigenvalue weighted by Crippen LogP contribution is 2.34. The van der Waals surface area contributed by atoms with Crippen molar-refractivity contribution in [3.63, 3.8) is 0 Å². The summed E-state index contributed by atoms with van der Waals surface area (Å²) in [6.07, 6.45) is 2.90. The van der Waals surface area contributed by atoms with Crippen molar-refractivity contribution in [2.24, 2.45) is 5.92 Å². The Labute approximate surface area is 105 Å². The molecule has 0 saturated heterocycles.